The van der Waals surface area contributed by atoms with E-state index >= 15 is 0 Å². The number of carboxylic acid groups (broad SMARTS) is 1. The van der Waals surface area contributed by atoms with E-state index in [0.29, 0.717) is 0 Å². The summed E-state index contributed by atoms with van der Waals surface area (Å²) in [6, 6.07) is 11.1. The Morgan fingerprint density at radius 1 is 1.10 bits per heavy atom. The second-order valence-electron chi connectivity index (χ2n) is 4.31. The van der Waals surface area contributed by atoms with Gasteiger partial charge in [-0.1, -0.05) is 24.3 Å². The van der Waals surface area contributed by atoms with Gasteiger partial charge in [0.05, 0.1) is 12.0 Å². The van der Waals surface area contributed by atoms with Crippen molar-refractivity contribution in [3.8, 4) is 11.5 Å². The lowest BCUT2D eigenvalue weighted by Gasteiger charge is -2.14. The van der Waals surface area contributed by atoms with Gasteiger partial charge in [-0.25, -0.2) is 0 Å². The molecule has 2 aromatic carbocycles. The summed E-state index contributed by atoms with van der Waals surface area (Å²) < 4.78 is 44.1. The van der Waals surface area contributed by atoms with Crippen LogP contribution in [0.4, 0.5) is 13.2 Å². The molecule has 0 aliphatic carbocycles. The average Bonchev–Trinajstić information content (AvgIpc) is 2.38. The highest BCUT2D eigenvalue weighted by Gasteiger charge is 2.34. The Labute approximate surface area is 118 Å². The van der Waals surface area contributed by atoms with Gasteiger partial charge in [-0.05, 0) is 29.8 Å². The molecule has 0 aliphatic heterocycles. The number of alkyl halides is 3. The van der Waals surface area contributed by atoms with Crippen molar-refractivity contribution >= 4 is 5.97 Å². The Bertz CT molecular complexity index is 636. The molecular weight excluding hydrogens is 285 g/mol. The fourth-order valence-electron chi connectivity index (χ4n) is 1.79. The number of hydrogen-bond donors (Lipinski definition) is 1. The van der Waals surface area contributed by atoms with Gasteiger partial charge >= 0.3 is 12.1 Å². The van der Waals surface area contributed by atoms with E-state index in [-0.39, 0.29) is 17.7 Å². The number of ether oxygens (including phenoxy) is 1. The predicted molar refractivity (Wildman–Crippen MR) is 69.3 cm³/mol. The van der Waals surface area contributed by atoms with Crippen molar-refractivity contribution in [2.75, 3.05) is 0 Å². The fourth-order valence-corrected chi connectivity index (χ4v) is 1.79. The van der Waals surface area contributed by atoms with Crippen molar-refractivity contribution in [1.82, 2.24) is 0 Å². The standard InChI is InChI=1S/C15H11F3O3/c16-15(17,18)12-7-6-10(9-14(19)20)8-13(12)21-11-4-2-1-3-5-11/h1-8H,9H2,(H,19,20). The molecule has 110 valence electrons. The summed E-state index contributed by atoms with van der Waals surface area (Å²) in [5.41, 5.74) is -0.707. The summed E-state index contributed by atoms with van der Waals surface area (Å²) in [7, 11) is 0. The van der Waals surface area contributed by atoms with Crippen LogP contribution in [0.2, 0.25) is 0 Å². The van der Waals surface area contributed by atoms with E-state index < -0.39 is 23.5 Å². The van der Waals surface area contributed by atoms with Crippen molar-refractivity contribution in [1.29, 1.82) is 0 Å². The average molecular weight is 296 g/mol. The SMILES string of the molecule is O=C(O)Cc1ccc(C(F)(F)F)c(Oc2ccccc2)c1. The third kappa shape index (κ3) is 3.98. The maximum Gasteiger partial charge on any atom is 0.419 e. The largest absolute Gasteiger partial charge is 0.481 e. The highest BCUT2D eigenvalue weighted by atomic mass is 19.4. The Morgan fingerprint density at radius 2 is 1.76 bits per heavy atom. The molecule has 6 heteroatoms. The molecule has 0 bridgehead atoms. The van der Waals surface area contributed by atoms with Crippen molar-refractivity contribution < 1.29 is 27.8 Å². The first-order chi connectivity index (χ1) is 9.86. The molecule has 0 saturated carbocycles. The second-order valence-corrected chi connectivity index (χ2v) is 4.31. The number of rotatable bonds is 4. The van der Waals surface area contributed by atoms with Crippen LogP contribution in [0.25, 0.3) is 0 Å². The smallest absolute Gasteiger partial charge is 0.419 e. The first kappa shape index (κ1) is 14.9. The molecule has 0 fully saturated rings. The maximum atomic E-state index is 12.9. The molecule has 3 nitrogen and oxygen atoms in total. The summed E-state index contributed by atoms with van der Waals surface area (Å²) in [6.45, 7) is 0. The molecule has 0 unspecified atom stereocenters. The van der Waals surface area contributed by atoms with Gasteiger partial charge < -0.3 is 9.84 Å². The molecule has 0 aliphatic rings. The number of carboxylic acids is 1. The zero-order valence-corrected chi connectivity index (χ0v) is 10.7. The van der Waals surface area contributed by atoms with Crippen LogP contribution in [-0.4, -0.2) is 11.1 Å². The summed E-state index contributed by atoms with van der Waals surface area (Å²) >= 11 is 0. The number of halogens is 3. The van der Waals surface area contributed by atoms with Crippen LogP contribution in [0.1, 0.15) is 11.1 Å². The molecule has 1 N–H and O–H groups in total. The highest BCUT2D eigenvalue weighted by Crippen LogP contribution is 2.38. The van der Waals surface area contributed by atoms with Gasteiger partial charge in [-0.15, -0.1) is 0 Å². The number of aliphatic carboxylic acids is 1. The van der Waals surface area contributed by atoms with E-state index in [1.807, 2.05) is 0 Å². The predicted octanol–water partition coefficient (Wildman–Crippen LogP) is 4.12. The number of hydrogen-bond acceptors (Lipinski definition) is 2. The van der Waals surface area contributed by atoms with Crippen LogP contribution in [0, 0.1) is 0 Å². The lowest BCUT2D eigenvalue weighted by atomic mass is 10.1. The van der Waals surface area contributed by atoms with Crippen molar-refractivity contribution in [3.63, 3.8) is 0 Å². The van der Waals surface area contributed by atoms with E-state index in [9.17, 15) is 18.0 Å². The van der Waals surface area contributed by atoms with Crippen LogP contribution in [0.3, 0.4) is 0 Å². The van der Waals surface area contributed by atoms with E-state index in [2.05, 4.69) is 0 Å². The van der Waals surface area contributed by atoms with Crippen molar-refractivity contribution in [2.45, 2.75) is 12.6 Å². The highest BCUT2D eigenvalue weighted by molar-refractivity contribution is 5.70. The minimum Gasteiger partial charge on any atom is -0.481 e. The summed E-state index contributed by atoms with van der Waals surface area (Å²) in [5.74, 6) is -1.29. The third-order valence-corrected chi connectivity index (χ3v) is 2.68. The molecule has 2 aromatic rings. The minimum atomic E-state index is -4.58. The Morgan fingerprint density at radius 3 is 2.33 bits per heavy atom. The van der Waals surface area contributed by atoms with Crippen LogP contribution in [-0.2, 0) is 17.4 Å². The monoisotopic (exact) mass is 296 g/mol. The van der Waals surface area contributed by atoms with E-state index in [1.165, 1.54) is 12.1 Å². The van der Waals surface area contributed by atoms with Crippen molar-refractivity contribution in [3.05, 3.63) is 59.7 Å². The van der Waals surface area contributed by atoms with Crippen LogP contribution in [0.5, 0.6) is 11.5 Å². The van der Waals surface area contributed by atoms with Crippen molar-refractivity contribution in [2.24, 2.45) is 0 Å². The Balaban J connectivity index is 2.41. The lowest BCUT2D eigenvalue weighted by molar-refractivity contribution is -0.138. The van der Waals surface area contributed by atoms with Gasteiger partial charge in [0.1, 0.15) is 11.5 Å². The Kier molecular flexibility index (Phi) is 4.16. The quantitative estimate of drug-likeness (QED) is 0.923. The number of benzene rings is 2. The minimum absolute atomic E-state index is 0.237. The van der Waals surface area contributed by atoms with E-state index in [1.54, 1.807) is 18.2 Å². The first-order valence-corrected chi connectivity index (χ1v) is 6.01. The molecule has 0 amide bonds. The topological polar surface area (TPSA) is 46.5 Å². The maximum absolute atomic E-state index is 12.9. The van der Waals surface area contributed by atoms with Gasteiger partial charge in [-0.3, -0.25) is 4.79 Å². The van der Waals surface area contributed by atoms with Gasteiger partial charge in [0.15, 0.2) is 0 Å². The molecule has 0 heterocycles. The summed E-state index contributed by atoms with van der Waals surface area (Å²) in [5, 5.41) is 8.71. The second kappa shape index (κ2) is 5.87. The van der Waals surface area contributed by atoms with Crippen LogP contribution in [0.15, 0.2) is 48.5 Å². The molecule has 0 radical (unpaired) electrons. The zero-order valence-electron chi connectivity index (χ0n) is 10.7. The molecule has 0 saturated heterocycles. The van der Waals surface area contributed by atoms with Crippen LogP contribution >= 0.6 is 0 Å². The molecular formula is C15H11F3O3. The zero-order chi connectivity index (χ0) is 15.5. The van der Waals surface area contributed by atoms with Gasteiger partial charge in [0.25, 0.3) is 0 Å². The van der Waals surface area contributed by atoms with E-state index in [4.69, 9.17) is 9.84 Å². The molecule has 0 atom stereocenters. The summed E-state index contributed by atoms with van der Waals surface area (Å²) in [4.78, 5) is 10.7. The van der Waals surface area contributed by atoms with Crippen LogP contribution < -0.4 is 4.74 Å². The number of carbonyl (C=O) groups is 1. The fraction of sp³-hybridized carbons (Fsp3) is 0.133. The molecule has 2 rings (SSSR count). The van der Waals surface area contributed by atoms with E-state index in [0.717, 1.165) is 18.2 Å². The van der Waals surface area contributed by atoms with Gasteiger partial charge in [-0.2, -0.15) is 13.2 Å². The van der Waals surface area contributed by atoms with Gasteiger partial charge in [0.2, 0.25) is 0 Å². The number of para-hydroxylation sites is 1. The molecule has 0 aromatic heterocycles. The lowest BCUT2D eigenvalue weighted by Crippen LogP contribution is -2.08. The molecule has 21 heavy (non-hydrogen) atoms. The summed E-state index contributed by atoms with van der Waals surface area (Å²) in [6.07, 6.45) is -4.95. The van der Waals surface area contributed by atoms with Gasteiger partial charge in [0, 0.05) is 0 Å². The Hall–Kier alpha value is -2.50. The third-order valence-electron chi connectivity index (χ3n) is 2.68. The first-order valence-electron chi connectivity index (χ1n) is 6.01. The molecule has 0 spiro atoms. The normalized spacial score (nSPS) is 11.2.